The second kappa shape index (κ2) is 6.11. The van der Waals surface area contributed by atoms with Crippen molar-refractivity contribution in [3.05, 3.63) is 35.4 Å². The van der Waals surface area contributed by atoms with Gasteiger partial charge in [0.25, 0.3) is 5.91 Å². The highest BCUT2D eigenvalue weighted by Crippen LogP contribution is 2.30. The first-order valence-corrected chi connectivity index (χ1v) is 7.01. The van der Waals surface area contributed by atoms with Crippen LogP contribution < -0.4 is 0 Å². The highest BCUT2D eigenvalue weighted by atomic mass is 16.2. The number of amides is 1. The summed E-state index contributed by atoms with van der Waals surface area (Å²) in [6.45, 7) is 6.03. The number of likely N-dealkylation sites (tertiary alicyclic amines) is 1. The average molecular weight is 271 g/mol. The van der Waals surface area contributed by atoms with Crippen LogP contribution in [0.3, 0.4) is 0 Å². The molecule has 0 radical (unpaired) electrons. The summed E-state index contributed by atoms with van der Waals surface area (Å²) in [6.07, 6.45) is 1.47. The molecule has 1 aliphatic heterocycles. The van der Waals surface area contributed by atoms with Gasteiger partial charge in [0.1, 0.15) is 0 Å². The van der Waals surface area contributed by atoms with Gasteiger partial charge in [0.15, 0.2) is 0 Å². The van der Waals surface area contributed by atoms with E-state index in [0.717, 1.165) is 25.1 Å². The van der Waals surface area contributed by atoms with Crippen LogP contribution in [0.1, 0.15) is 42.6 Å². The quantitative estimate of drug-likeness (QED) is 0.838. The van der Waals surface area contributed by atoms with Crippen LogP contribution in [0.4, 0.5) is 0 Å². The Morgan fingerprint density at radius 1 is 1.40 bits per heavy atom. The van der Waals surface area contributed by atoms with E-state index in [4.69, 9.17) is 5.11 Å². The molecule has 0 bridgehead atoms. The third-order valence-corrected chi connectivity index (χ3v) is 3.58. The fraction of sp³-hybridized carbons (Fsp3) is 0.471. The van der Waals surface area contributed by atoms with Crippen molar-refractivity contribution in [2.75, 3.05) is 19.7 Å². The number of carbonyl (C=O) groups is 1. The number of aliphatic hydroxyl groups is 1. The van der Waals surface area contributed by atoms with Crippen LogP contribution in [0.15, 0.2) is 24.3 Å². The van der Waals surface area contributed by atoms with Crippen molar-refractivity contribution < 1.29 is 9.90 Å². The van der Waals surface area contributed by atoms with E-state index >= 15 is 0 Å². The number of nitrogens with zero attached hydrogens (tertiary/aromatic N) is 1. The molecule has 20 heavy (non-hydrogen) atoms. The molecule has 0 spiro atoms. The predicted molar refractivity (Wildman–Crippen MR) is 79.3 cm³/mol. The van der Waals surface area contributed by atoms with Crippen LogP contribution in [0, 0.1) is 17.3 Å². The lowest BCUT2D eigenvalue weighted by Crippen LogP contribution is -2.30. The van der Waals surface area contributed by atoms with Crippen LogP contribution in [-0.4, -0.2) is 35.6 Å². The smallest absolute Gasteiger partial charge is 0.255 e. The zero-order valence-electron chi connectivity index (χ0n) is 12.1. The summed E-state index contributed by atoms with van der Waals surface area (Å²) >= 11 is 0. The molecule has 0 atom stereocenters. The minimum Gasteiger partial charge on any atom is -0.395 e. The van der Waals surface area contributed by atoms with Gasteiger partial charge >= 0.3 is 0 Å². The Balaban J connectivity index is 2.21. The number of rotatable bonds is 2. The van der Waals surface area contributed by atoms with Crippen LogP contribution in [0.2, 0.25) is 0 Å². The summed E-state index contributed by atoms with van der Waals surface area (Å²) in [5.41, 5.74) is 1.61. The normalized spacial score (nSPS) is 16.6. The van der Waals surface area contributed by atoms with E-state index in [0.29, 0.717) is 12.0 Å². The van der Waals surface area contributed by atoms with Gasteiger partial charge in [-0.3, -0.25) is 4.79 Å². The van der Waals surface area contributed by atoms with E-state index in [2.05, 4.69) is 25.7 Å². The van der Waals surface area contributed by atoms with Crippen molar-refractivity contribution in [1.29, 1.82) is 0 Å². The molecule has 1 fully saturated rings. The van der Waals surface area contributed by atoms with Crippen LogP contribution in [-0.2, 0) is 0 Å². The standard InChI is InChI=1S/C17H21NO2/c1-17(2)10-11-18(13-17)16(20)15-9-4-3-7-14(15)8-5-6-12-19/h3-4,7,9,19H,6,10-13H2,1-2H3. The minimum atomic E-state index is 0.0451. The number of benzene rings is 1. The summed E-state index contributed by atoms with van der Waals surface area (Å²) < 4.78 is 0. The first-order valence-electron chi connectivity index (χ1n) is 7.01. The molecule has 2 rings (SSSR count). The summed E-state index contributed by atoms with van der Waals surface area (Å²) in [4.78, 5) is 14.5. The van der Waals surface area contributed by atoms with Gasteiger partial charge in [0.05, 0.1) is 12.2 Å². The van der Waals surface area contributed by atoms with Crippen molar-refractivity contribution in [3.63, 3.8) is 0 Å². The molecule has 1 heterocycles. The Morgan fingerprint density at radius 3 is 2.80 bits per heavy atom. The Labute approximate surface area is 120 Å². The summed E-state index contributed by atoms with van der Waals surface area (Å²) in [5, 5.41) is 8.78. The molecule has 0 saturated carbocycles. The number of hydrogen-bond donors (Lipinski definition) is 1. The van der Waals surface area contributed by atoms with E-state index in [9.17, 15) is 4.79 Å². The van der Waals surface area contributed by atoms with Crippen molar-refractivity contribution in [2.24, 2.45) is 5.41 Å². The highest BCUT2D eigenvalue weighted by Gasteiger charge is 2.32. The van der Waals surface area contributed by atoms with Gasteiger partial charge < -0.3 is 10.0 Å². The zero-order chi connectivity index (χ0) is 14.6. The zero-order valence-corrected chi connectivity index (χ0v) is 12.1. The van der Waals surface area contributed by atoms with E-state index < -0.39 is 0 Å². The van der Waals surface area contributed by atoms with Gasteiger partial charge in [-0.05, 0) is 24.0 Å². The SMILES string of the molecule is CC1(C)CCN(C(=O)c2ccccc2C#CCCO)C1. The Hall–Kier alpha value is -1.79. The molecule has 1 amide bonds. The van der Waals surface area contributed by atoms with Crippen LogP contribution >= 0.6 is 0 Å². The molecule has 0 aromatic heterocycles. The lowest BCUT2D eigenvalue weighted by Gasteiger charge is -2.20. The Bertz CT molecular complexity index is 552. The first-order chi connectivity index (χ1) is 9.53. The largest absolute Gasteiger partial charge is 0.395 e. The van der Waals surface area contributed by atoms with Gasteiger partial charge in [-0.2, -0.15) is 0 Å². The lowest BCUT2D eigenvalue weighted by atomic mass is 9.93. The van der Waals surface area contributed by atoms with Crippen molar-refractivity contribution in [1.82, 2.24) is 4.90 Å². The molecule has 1 aromatic carbocycles. The highest BCUT2D eigenvalue weighted by molar-refractivity contribution is 5.97. The fourth-order valence-corrected chi connectivity index (χ4v) is 2.45. The van der Waals surface area contributed by atoms with E-state index in [-0.39, 0.29) is 17.9 Å². The third kappa shape index (κ3) is 3.40. The molecule has 1 aromatic rings. The van der Waals surface area contributed by atoms with E-state index in [1.807, 2.05) is 29.2 Å². The second-order valence-electron chi connectivity index (χ2n) is 5.96. The maximum atomic E-state index is 12.6. The number of hydrogen-bond acceptors (Lipinski definition) is 2. The van der Waals surface area contributed by atoms with E-state index in [1.54, 1.807) is 0 Å². The van der Waals surface area contributed by atoms with Gasteiger partial charge in [0, 0.05) is 25.1 Å². The predicted octanol–water partition coefficient (Wildman–Crippen LogP) is 2.29. The van der Waals surface area contributed by atoms with E-state index in [1.165, 1.54) is 0 Å². The Kier molecular flexibility index (Phi) is 4.46. The lowest BCUT2D eigenvalue weighted by molar-refractivity contribution is 0.0778. The van der Waals surface area contributed by atoms with Gasteiger partial charge in [-0.15, -0.1) is 0 Å². The molecule has 3 nitrogen and oxygen atoms in total. The van der Waals surface area contributed by atoms with Crippen molar-refractivity contribution in [3.8, 4) is 11.8 Å². The number of aliphatic hydroxyl groups excluding tert-OH is 1. The monoisotopic (exact) mass is 271 g/mol. The molecule has 1 saturated heterocycles. The molecular formula is C17H21NO2. The molecule has 106 valence electrons. The first kappa shape index (κ1) is 14.6. The second-order valence-corrected chi connectivity index (χ2v) is 5.96. The maximum Gasteiger partial charge on any atom is 0.255 e. The van der Waals surface area contributed by atoms with Gasteiger partial charge in [0.2, 0.25) is 0 Å². The molecule has 1 aliphatic rings. The van der Waals surface area contributed by atoms with Crippen LogP contribution in [0.5, 0.6) is 0 Å². The maximum absolute atomic E-state index is 12.6. The van der Waals surface area contributed by atoms with Crippen molar-refractivity contribution >= 4 is 5.91 Å². The average Bonchev–Trinajstić information content (AvgIpc) is 2.79. The summed E-state index contributed by atoms with van der Waals surface area (Å²) in [6, 6.07) is 7.44. The Morgan fingerprint density at radius 2 is 2.15 bits per heavy atom. The molecule has 0 aliphatic carbocycles. The summed E-state index contributed by atoms with van der Waals surface area (Å²) in [7, 11) is 0. The van der Waals surface area contributed by atoms with Crippen molar-refractivity contribution in [2.45, 2.75) is 26.7 Å². The molecular weight excluding hydrogens is 250 g/mol. The summed E-state index contributed by atoms with van der Waals surface area (Å²) in [5.74, 6) is 5.92. The van der Waals surface area contributed by atoms with Gasteiger partial charge in [-0.1, -0.05) is 37.8 Å². The third-order valence-electron chi connectivity index (χ3n) is 3.58. The van der Waals surface area contributed by atoms with Gasteiger partial charge in [-0.25, -0.2) is 0 Å². The topological polar surface area (TPSA) is 40.5 Å². The molecule has 3 heteroatoms. The minimum absolute atomic E-state index is 0.0451. The molecule has 1 N–H and O–H groups in total. The molecule has 0 unspecified atom stereocenters. The number of carbonyl (C=O) groups excluding carboxylic acids is 1. The fourth-order valence-electron chi connectivity index (χ4n) is 2.45. The van der Waals surface area contributed by atoms with Crippen LogP contribution in [0.25, 0.3) is 0 Å².